The number of hydrogen-bond acceptors (Lipinski definition) is 3. The van der Waals surface area contributed by atoms with Crippen molar-refractivity contribution in [2.45, 2.75) is 33.4 Å². The molecule has 3 aromatic rings. The number of aromatic nitrogens is 3. The quantitative estimate of drug-likeness (QED) is 0.695. The number of carbonyl (C=O) groups excluding carboxylic acids is 1. The first-order valence-electron chi connectivity index (χ1n) is 8.59. The van der Waals surface area contributed by atoms with E-state index < -0.39 is 0 Å². The van der Waals surface area contributed by atoms with Crippen molar-refractivity contribution in [3.8, 4) is 16.9 Å². The molecule has 0 bridgehead atoms. The topological polar surface area (TPSA) is 51.0 Å². The molecule has 0 aliphatic carbocycles. The smallest absolute Gasteiger partial charge is 0.254 e. The monoisotopic (exact) mass is 366 g/mol. The second kappa shape index (κ2) is 6.25. The fourth-order valence-electron chi connectivity index (χ4n) is 3.36. The zero-order valence-corrected chi connectivity index (χ0v) is 15.7. The Hall–Kier alpha value is -2.66. The lowest BCUT2D eigenvalue weighted by molar-refractivity contribution is 0.0730. The molecule has 1 amide bonds. The van der Waals surface area contributed by atoms with Gasteiger partial charge in [0.05, 0.1) is 16.4 Å². The average molecular weight is 367 g/mol. The molecule has 0 N–H and O–H groups in total. The molecule has 0 radical (unpaired) electrons. The SMILES string of the molecule is Cc1c(-c2ccc3c(c2)CN(C(C)C)C3=O)nnn1-c1ccccc1Cl. The zero-order chi connectivity index (χ0) is 18.4. The first-order valence-corrected chi connectivity index (χ1v) is 8.96. The summed E-state index contributed by atoms with van der Waals surface area (Å²) in [6.07, 6.45) is 0. The average Bonchev–Trinajstić information content (AvgIpc) is 3.16. The van der Waals surface area contributed by atoms with Crippen molar-refractivity contribution < 1.29 is 4.79 Å². The van der Waals surface area contributed by atoms with Gasteiger partial charge in [-0.15, -0.1) is 5.10 Å². The van der Waals surface area contributed by atoms with Gasteiger partial charge in [0.25, 0.3) is 5.91 Å². The van der Waals surface area contributed by atoms with Gasteiger partial charge in [0, 0.05) is 23.7 Å². The van der Waals surface area contributed by atoms with E-state index in [1.165, 1.54) is 0 Å². The van der Waals surface area contributed by atoms with E-state index in [9.17, 15) is 4.79 Å². The summed E-state index contributed by atoms with van der Waals surface area (Å²) >= 11 is 6.29. The molecule has 0 saturated carbocycles. The Morgan fingerprint density at radius 1 is 1.15 bits per heavy atom. The highest BCUT2D eigenvalue weighted by Gasteiger charge is 2.29. The van der Waals surface area contributed by atoms with Crippen molar-refractivity contribution in [2.75, 3.05) is 0 Å². The highest BCUT2D eigenvalue weighted by Crippen LogP contribution is 2.31. The Morgan fingerprint density at radius 2 is 1.92 bits per heavy atom. The lowest BCUT2D eigenvalue weighted by Gasteiger charge is -2.19. The Bertz CT molecular complexity index is 1010. The van der Waals surface area contributed by atoms with E-state index in [4.69, 9.17) is 11.6 Å². The molecule has 26 heavy (non-hydrogen) atoms. The van der Waals surface area contributed by atoms with Gasteiger partial charge < -0.3 is 4.90 Å². The maximum Gasteiger partial charge on any atom is 0.254 e. The van der Waals surface area contributed by atoms with Crippen molar-refractivity contribution >= 4 is 17.5 Å². The number of hydrogen-bond donors (Lipinski definition) is 0. The second-order valence-corrected chi connectivity index (χ2v) is 7.19. The lowest BCUT2D eigenvalue weighted by atomic mass is 10.0. The van der Waals surface area contributed by atoms with Gasteiger partial charge in [-0.1, -0.05) is 35.0 Å². The third-order valence-electron chi connectivity index (χ3n) is 4.81. The molecule has 1 aromatic heterocycles. The van der Waals surface area contributed by atoms with Crippen LogP contribution in [0.4, 0.5) is 0 Å². The normalized spacial score (nSPS) is 13.6. The molecule has 6 heteroatoms. The fourth-order valence-corrected chi connectivity index (χ4v) is 3.57. The second-order valence-electron chi connectivity index (χ2n) is 6.79. The molecule has 132 valence electrons. The number of para-hydroxylation sites is 1. The van der Waals surface area contributed by atoms with E-state index in [1.54, 1.807) is 4.68 Å². The van der Waals surface area contributed by atoms with Gasteiger partial charge in [-0.25, -0.2) is 4.68 Å². The summed E-state index contributed by atoms with van der Waals surface area (Å²) in [6.45, 7) is 6.67. The molecule has 0 atom stereocenters. The van der Waals surface area contributed by atoms with Crippen molar-refractivity contribution in [3.05, 3.63) is 64.3 Å². The lowest BCUT2D eigenvalue weighted by Crippen LogP contribution is -2.30. The first-order chi connectivity index (χ1) is 12.5. The van der Waals surface area contributed by atoms with E-state index in [-0.39, 0.29) is 11.9 Å². The van der Waals surface area contributed by atoms with Crippen molar-refractivity contribution in [3.63, 3.8) is 0 Å². The van der Waals surface area contributed by atoms with Crippen LogP contribution in [-0.4, -0.2) is 31.8 Å². The molecular weight excluding hydrogens is 348 g/mol. The number of fused-ring (bicyclic) bond motifs is 1. The summed E-state index contributed by atoms with van der Waals surface area (Å²) in [6, 6.07) is 13.6. The Balaban J connectivity index is 1.74. The number of halogens is 1. The predicted molar refractivity (Wildman–Crippen MR) is 102 cm³/mol. The van der Waals surface area contributed by atoms with E-state index in [0.717, 1.165) is 33.8 Å². The van der Waals surface area contributed by atoms with Crippen LogP contribution in [0.3, 0.4) is 0 Å². The van der Waals surface area contributed by atoms with Gasteiger partial charge in [-0.3, -0.25) is 4.79 Å². The van der Waals surface area contributed by atoms with Crippen molar-refractivity contribution in [2.24, 2.45) is 0 Å². The largest absolute Gasteiger partial charge is 0.332 e. The Kier molecular flexibility index (Phi) is 4.04. The van der Waals surface area contributed by atoms with Gasteiger partial charge in [0.2, 0.25) is 0 Å². The third kappa shape index (κ3) is 2.59. The highest BCUT2D eigenvalue weighted by molar-refractivity contribution is 6.32. The standard InChI is InChI=1S/C20H19ClN4O/c1-12(2)24-11-15-10-14(8-9-16(15)20(24)26)19-13(3)25(23-22-19)18-7-5-4-6-17(18)21/h4-10,12H,11H2,1-3H3. The summed E-state index contributed by atoms with van der Waals surface area (Å²) in [5.74, 6) is 0.0954. The van der Waals surface area contributed by atoms with Crippen LogP contribution in [0.5, 0.6) is 0 Å². The molecule has 4 rings (SSSR count). The summed E-state index contributed by atoms with van der Waals surface area (Å²) in [5, 5.41) is 9.26. The summed E-state index contributed by atoms with van der Waals surface area (Å²) in [7, 11) is 0. The van der Waals surface area contributed by atoms with Gasteiger partial charge in [-0.2, -0.15) is 0 Å². The van der Waals surface area contributed by atoms with Crippen LogP contribution in [0.15, 0.2) is 42.5 Å². The minimum Gasteiger partial charge on any atom is -0.332 e. The number of carbonyl (C=O) groups is 1. The van der Waals surface area contributed by atoms with Crippen molar-refractivity contribution in [1.29, 1.82) is 0 Å². The van der Waals surface area contributed by atoms with Gasteiger partial charge in [0.1, 0.15) is 5.69 Å². The molecule has 5 nitrogen and oxygen atoms in total. The van der Waals surface area contributed by atoms with E-state index in [0.29, 0.717) is 11.6 Å². The Morgan fingerprint density at radius 3 is 2.65 bits per heavy atom. The molecule has 2 heterocycles. The number of amides is 1. The van der Waals surface area contributed by atoms with Crippen LogP contribution >= 0.6 is 11.6 Å². The minimum atomic E-state index is 0.0954. The summed E-state index contributed by atoms with van der Waals surface area (Å²) < 4.78 is 1.75. The number of benzene rings is 2. The molecule has 0 unspecified atom stereocenters. The van der Waals surface area contributed by atoms with E-state index in [2.05, 4.69) is 10.3 Å². The van der Waals surface area contributed by atoms with Crippen LogP contribution in [0.1, 0.15) is 35.5 Å². The predicted octanol–water partition coefficient (Wildman–Crippen LogP) is 4.26. The molecule has 0 spiro atoms. The van der Waals surface area contributed by atoms with E-state index in [1.807, 2.05) is 68.1 Å². The van der Waals surface area contributed by atoms with Crippen LogP contribution < -0.4 is 0 Å². The molecule has 1 aliphatic rings. The van der Waals surface area contributed by atoms with Crippen LogP contribution in [0.25, 0.3) is 16.9 Å². The van der Waals surface area contributed by atoms with Crippen molar-refractivity contribution in [1.82, 2.24) is 19.9 Å². The van der Waals surface area contributed by atoms with Crippen LogP contribution in [-0.2, 0) is 6.54 Å². The third-order valence-corrected chi connectivity index (χ3v) is 5.13. The molecule has 0 fully saturated rings. The summed E-state index contributed by atoms with van der Waals surface area (Å²) in [5.41, 5.74) is 5.27. The molecule has 2 aromatic carbocycles. The van der Waals surface area contributed by atoms with Gasteiger partial charge in [-0.05, 0) is 50.6 Å². The zero-order valence-electron chi connectivity index (χ0n) is 14.9. The molecular formula is C20H19ClN4O. The van der Waals surface area contributed by atoms with E-state index >= 15 is 0 Å². The highest BCUT2D eigenvalue weighted by atomic mass is 35.5. The number of nitrogens with zero attached hydrogens (tertiary/aromatic N) is 4. The molecule has 0 saturated heterocycles. The van der Waals surface area contributed by atoms with Crippen LogP contribution in [0.2, 0.25) is 5.02 Å². The van der Waals surface area contributed by atoms with Gasteiger partial charge in [0.15, 0.2) is 0 Å². The maximum absolute atomic E-state index is 12.5. The van der Waals surface area contributed by atoms with Gasteiger partial charge >= 0.3 is 0 Å². The summed E-state index contributed by atoms with van der Waals surface area (Å²) in [4.78, 5) is 14.3. The molecule has 1 aliphatic heterocycles. The minimum absolute atomic E-state index is 0.0954. The maximum atomic E-state index is 12.5. The Labute approximate surface area is 157 Å². The fraction of sp³-hybridized carbons (Fsp3) is 0.250. The first kappa shape index (κ1) is 16.8. The number of rotatable bonds is 3. The van der Waals surface area contributed by atoms with Crippen LogP contribution in [0, 0.1) is 6.92 Å².